The monoisotopic (exact) mass is 304 g/mol. The average molecular weight is 305 g/mol. The summed E-state index contributed by atoms with van der Waals surface area (Å²) in [6, 6.07) is 2.89. The lowest BCUT2D eigenvalue weighted by atomic mass is 9.96. The van der Waals surface area contributed by atoms with Gasteiger partial charge in [-0.15, -0.1) is 0 Å². The fourth-order valence-electron chi connectivity index (χ4n) is 0.859. The van der Waals surface area contributed by atoms with Crippen LogP contribution in [-0.4, -0.2) is 28.6 Å². The van der Waals surface area contributed by atoms with E-state index in [1.165, 1.54) is 12.1 Å². The van der Waals surface area contributed by atoms with Gasteiger partial charge in [0.25, 0.3) is 0 Å². The van der Waals surface area contributed by atoms with Gasteiger partial charge >= 0.3 is 0 Å². The number of Topliss-reactive ketones (excluding diaryl/α,β-unsaturated/α-hetero) is 2. The fraction of sp³-hybridized carbons (Fsp3) is 0.200. The van der Waals surface area contributed by atoms with Gasteiger partial charge in [0.2, 0.25) is 11.6 Å². The van der Waals surface area contributed by atoms with Crippen molar-refractivity contribution in [3.63, 3.8) is 0 Å². The van der Waals surface area contributed by atoms with E-state index in [0.717, 1.165) is 0 Å². The molecule has 0 aromatic rings. The second-order valence-corrected chi connectivity index (χ2v) is 5.24. The van der Waals surface area contributed by atoms with Crippen LogP contribution in [-0.2, 0) is 20.8 Å². The van der Waals surface area contributed by atoms with Crippen LogP contribution in [0, 0.1) is 22.7 Å². The molecular formula is C10H6Cl2N2O3S. The van der Waals surface area contributed by atoms with Crippen molar-refractivity contribution >= 4 is 45.9 Å². The molecule has 8 heteroatoms. The molecule has 0 amide bonds. The van der Waals surface area contributed by atoms with Gasteiger partial charge in [0.05, 0.1) is 12.5 Å². The van der Waals surface area contributed by atoms with Crippen molar-refractivity contribution in [2.75, 3.05) is 12.5 Å². The summed E-state index contributed by atoms with van der Waals surface area (Å²) in [4.78, 5) is 22.4. The molecule has 1 aliphatic rings. The predicted molar refractivity (Wildman–Crippen MR) is 67.0 cm³/mol. The van der Waals surface area contributed by atoms with Crippen LogP contribution in [0.5, 0.6) is 0 Å². The van der Waals surface area contributed by atoms with E-state index in [1.807, 2.05) is 0 Å². The highest BCUT2D eigenvalue weighted by Crippen LogP contribution is 2.28. The number of allylic oxidation sites excluding steroid dienone is 4. The lowest BCUT2D eigenvalue weighted by Gasteiger charge is -2.08. The molecule has 0 aromatic heterocycles. The number of hydrogen-bond acceptors (Lipinski definition) is 5. The van der Waals surface area contributed by atoms with Crippen molar-refractivity contribution in [3.8, 4) is 12.1 Å². The van der Waals surface area contributed by atoms with Gasteiger partial charge in [0.15, 0.2) is 0 Å². The molecule has 0 aliphatic heterocycles. The summed E-state index contributed by atoms with van der Waals surface area (Å²) in [5.74, 6) is -1.79. The summed E-state index contributed by atoms with van der Waals surface area (Å²) in [5, 5.41) is 16.0. The maximum absolute atomic E-state index is 11.2. The van der Waals surface area contributed by atoms with Gasteiger partial charge in [-0.3, -0.25) is 9.59 Å². The molecule has 1 aliphatic carbocycles. The first-order valence-electron chi connectivity index (χ1n) is 4.22. The molecule has 0 atom stereocenters. The van der Waals surface area contributed by atoms with Crippen molar-refractivity contribution in [1.29, 1.82) is 10.5 Å². The number of hydrogen-bond donors (Lipinski definition) is 0. The summed E-state index contributed by atoms with van der Waals surface area (Å²) in [6.45, 7) is 0. The summed E-state index contributed by atoms with van der Waals surface area (Å²) in [6.07, 6.45) is 3.28. The minimum Gasteiger partial charge on any atom is -0.617 e. The second-order valence-electron chi connectivity index (χ2n) is 3.00. The van der Waals surface area contributed by atoms with E-state index in [-0.39, 0.29) is 0 Å². The number of carbonyl (C=O) groups excluding carboxylic acids is 2. The van der Waals surface area contributed by atoms with E-state index in [2.05, 4.69) is 0 Å². The number of halogens is 2. The van der Waals surface area contributed by atoms with Gasteiger partial charge in [0, 0.05) is 0 Å². The van der Waals surface area contributed by atoms with Crippen LogP contribution < -0.4 is 0 Å². The van der Waals surface area contributed by atoms with Crippen molar-refractivity contribution < 1.29 is 14.1 Å². The van der Waals surface area contributed by atoms with Gasteiger partial charge in [-0.05, 0) is 0 Å². The molecule has 1 rings (SSSR count). The quantitative estimate of drug-likeness (QED) is 0.493. The Morgan fingerprint density at radius 2 is 1.22 bits per heavy atom. The minimum atomic E-state index is -0.893. The molecule has 0 aromatic carbocycles. The van der Waals surface area contributed by atoms with Gasteiger partial charge in [-0.1, -0.05) is 34.4 Å². The summed E-state index contributed by atoms with van der Waals surface area (Å²) in [5.41, 5.74) is -1.13. The van der Waals surface area contributed by atoms with E-state index in [0.29, 0.717) is 0 Å². The largest absolute Gasteiger partial charge is 0.617 e. The summed E-state index contributed by atoms with van der Waals surface area (Å²) >= 11 is 10.2. The van der Waals surface area contributed by atoms with E-state index in [1.54, 1.807) is 12.5 Å². The maximum Gasteiger partial charge on any atom is 0.218 e. The molecule has 0 saturated carbocycles. The van der Waals surface area contributed by atoms with Crippen LogP contribution in [0.15, 0.2) is 21.2 Å². The van der Waals surface area contributed by atoms with E-state index in [4.69, 9.17) is 33.7 Å². The Hall–Kier alpha value is -1.31. The van der Waals surface area contributed by atoms with Crippen LogP contribution in [0.3, 0.4) is 0 Å². The lowest BCUT2D eigenvalue weighted by Crippen LogP contribution is -2.18. The highest BCUT2D eigenvalue weighted by atomic mass is 35.5. The Bertz CT molecular complexity index is 492. The van der Waals surface area contributed by atoms with Gasteiger partial charge in [-0.25, -0.2) is 0 Å². The van der Waals surface area contributed by atoms with Crippen LogP contribution in [0.2, 0.25) is 0 Å². The molecule has 0 saturated heterocycles. The van der Waals surface area contributed by atoms with Crippen LogP contribution in [0.4, 0.5) is 0 Å². The Kier molecular flexibility index (Phi) is 6.67. The molecule has 0 radical (unpaired) electrons. The van der Waals surface area contributed by atoms with Gasteiger partial charge in [-0.2, -0.15) is 10.5 Å². The van der Waals surface area contributed by atoms with Crippen LogP contribution >= 0.6 is 23.2 Å². The third kappa shape index (κ3) is 3.86. The van der Waals surface area contributed by atoms with Crippen molar-refractivity contribution in [2.45, 2.75) is 0 Å². The number of rotatable bonds is 0. The molecule has 0 spiro atoms. The first-order valence-corrected chi connectivity index (χ1v) is 6.94. The number of carbonyl (C=O) groups is 2. The smallest absolute Gasteiger partial charge is 0.218 e. The van der Waals surface area contributed by atoms with Crippen molar-refractivity contribution in [3.05, 3.63) is 21.2 Å². The van der Waals surface area contributed by atoms with E-state index < -0.39 is 44.0 Å². The molecule has 0 N–H and O–H groups in total. The summed E-state index contributed by atoms with van der Waals surface area (Å²) < 4.78 is 9.56. The normalized spacial score (nSPS) is 15.1. The topological polar surface area (TPSA) is 105 Å². The molecular weight excluding hydrogens is 299 g/mol. The van der Waals surface area contributed by atoms with E-state index >= 15 is 0 Å². The Morgan fingerprint density at radius 1 is 1.00 bits per heavy atom. The summed E-state index contributed by atoms with van der Waals surface area (Å²) in [7, 11) is 0. The third-order valence-electron chi connectivity index (χ3n) is 1.52. The molecule has 0 bridgehead atoms. The number of nitrogens with zero attached hydrogens (tertiary/aromatic N) is 2. The van der Waals surface area contributed by atoms with E-state index in [9.17, 15) is 14.1 Å². The third-order valence-corrected chi connectivity index (χ3v) is 2.34. The average Bonchev–Trinajstić information content (AvgIpc) is 2.30. The number of nitriles is 2. The van der Waals surface area contributed by atoms with Gasteiger partial charge < -0.3 is 4.55 Å². The Labute approximate surface area is 116 Å². The van der Waals surface area contributed by atoms with Crippen molar-refractivity contribution in [2.24, 2.45) is 0 Å². The Morgan fingerprint density at radius 3 is 1.39 bits per heavy atom. The Balaban J connectivity index is 0.000000631. The molecule has 0 fully saturated rings. The zero-order valence-corrected chi connectivity index (χ0v) is 11.6. The first kappa shape index (κ1) is 16.7. The van der Waals surface area contributed by atoms with Crippen LogP contribution in [0.25, 0.3) is 0 Å². The molecule has 94 valence electrons. The number of ketones is 2. The molecule has 18 heavy (non-hydrogen) atoms. The standard InChI is InChI=1S/C8Cl2N2O2.C2H6OS/c9-5-6(10)8(14)4(2-12)3(1-11)7(5)13;1-4(2)3/h;1-2H3. The predicted octanol–water partition coefficient (Wildman–Crippen LogP) is 1.17. The molecule has 5 nitrogen and oxygen atoms in total. The zero-order chi connectivity index (χ0) is 14.5. The fourth-order valence-corrected chi connectivity index (χ4v) is 1.22. The second kappa shape index (κ2) is 7.20. The van der Waals surface area contributed by atoms with Crippen LogP contribution in [0.1, 0.15) is 0 Å². The van der Waals surface area contributed by atoms with Gasteiger partial charge in [0.1, 0.15) is 33.3 Å². The first-order chi connectivity index (χ1) is 8.27. The molecule has 0 heterocycles. The van der Waals surface area contributed by atoms with Crippen molar-refractivity contribution in [1.82, 2.24) is 0 Å². The minimum absolute atomic E-state index is 0.521. The molecule has 0 unspecified atom stereocenters. The maximum atomic E-state index is 11.2. The SMILES string of the molecule is C[S+](C)[O-].N#CC1=C(C#N)C(=O)C(Cl)=C(Cl)C1=O. The lowest BCUT2D eigenvalue weighted by molar-refractivity contribution is -0.115. The zero-order valence-electron chi connectivity index (χ0n) is 9.28. The highest BCUT2D eigenvalue weighted by Gasteiger charge is 2.33. The highest BCUT2D eigenvalue weighted by molar-refractivity contribution is 7.89.